The number of fused-ring (bicyclic) bond motifs is 1. The van der Waals surface area contributed by atoms with Crippen LogP contribution in [0.15, 0.2) is 56.0 Å². The Bertz CT molecular complexity index is 778. The molecule has 0 aliphatic heterocycles. The summed E-state index contributed by atoms with van der Waals surface area (Å²) in [4.78, 5) is 16.4. The Morgan fingerprint density at radius 2 is 2.05 bits per heavy atom. The summed E-state index contributed by atoms with van der Waals surface area (Å²) in [5, 5.41) is 0.909. The Balaban J connectivity index is 1.89. The molecule has 0 spiro atoms. The summed E-state index contributed by atoms with van der Waals surface area (Å²) in [6.07, 6.45) is 1.91. The normalized spacial score (nSPS) is 10.9. The number of furan rings is 1. The molecule has 0 radical (unpaired) electrons. The van der Waals surface area contributed by atoms with Gasteiger partial charge in [0.2, 0.25) is 5.78 Å². The Hall–Kier alpha value is -1.46. The van der Waals surface area contributed by atoms with Crippen molar-refractivity contribution in [1.82, 2.24) is 4.98 Å². The first-order valence-electron chi connectivity index (χ1n) is 5.95. The number of rotatable bonds is 3. The van der Waals surface area contributed by atoms with Crippen LogP contribution in [0.3, 0.4) is 0 Å². The highest BCUT2D eigenvalue weighted by molar-refractivity contribution is 9.11. The third-order valence-electron chi connectivity index (χ3n) is 2.90. The van der Waals surface area contributed by atoms with E-state index in [1.165, 1.54) is 0 Å². The van der Waals surface area contributed by atoms with Crippen LogP contribution in [0.5, 0.6) is 0 Å². The minimum atomic E-state index is -0.0806. The van der Waals surface area contributed by atoms with Gasteiger partial charge in [-0.2, -0.15) is 0 Å². The van der Waals surface area contributed by atoms with Gasteiger partial charge in [-0.3, -0.25) is 9.78 Å². The Labute approximate surface area is 132 Å². The second-order valence-corrected chi connectivity index (χ2v) is 6.11. The average Bonchev–Trinajstić information content (AvgIpc) is 2.87. The van der Waals surface area contributed by atoms with Crippen molar-refractivity contribution in [2.45, 2.75) is 6.42 Å². The Morgan fingerprint density at radius 3 is 2.75 bits per heavy atom. The summed E-state index contributed by atoms with van der Waals surface area (Å²) < 4.78 is 7.36. The molecule has 0 saturated heterocycles. The van der Waals surface area contributed by atoms with Crippen molar-refractivity contribution < 1.29 is 9.21 Å². The lowest BCUT2D eigenvalue weighted by atomic mass is 10.1. The number of pyridine rings is 1. The van der Waals surface area contributed by atoms with E-state index in [9.17, 15) is 4.79 Å². The summed E-state index contributed by atoms with van der Waals surface area (Å²) in [6.45, 7) is 0. The minimum Gasteiger partial charge on any atom is -0.452 e. The molecule has 20 heavy (non-hydrogen) atoms. The molecule has 100 valence electrons. The van der Waals surface area contributed by atoms with Crippen LogP contribution in [0.4, 0.5) is 0 Å². The monoisotopic (exact) mass is 393 g/mol. The molecule has 2 heterocycles. The number of carbonyl (C=O) groups excluding carboxylic acids is 1. The van der Waals surface area contributed by atoms with Gasteiger partial charge in [0.05, 0.1) is 10.9 Å². The number of halogens is 2. The third-order valence-corrected chi connectivity index (χ3v) is 3.99. The SMILES string of the molecule is O=C(Cc1ccc(Br)cn1)c1cc2cccc(Br)c2o1. The van der Waals surface area contributed by atoms with Crippen molar-refractivity contribution in [1.29, 1.82) is 0 Å². The summed E-state index contributed by atoms with van der Waals surface area (Å²) >= 11 is 6.73. The lowest BCUT2D eigenvalue weighted by molar-refractivity contribution is 0.0967. The van der Waals surface area contributed by atoms with E-state index < -0.39 is 0 Å². The van der Waals surface area contributed by atoms with E-state index in [0.717, 1.165) is 20.0 Å². The largest absolute Gasteiger partial charge is 0.452 e. The number of ketones is 1. The van der Waals surface area contributed by atoms with Crippen molar-refractivity contribution in [2.75, 3.05) is 0 Å². The van der Waals surface area contributed by atoms with Crippen LogP contribution in [0.1, 0.15) is 16.2 Å². The highest BCUT2D eigenvalue weighted by Gasteiger charge is 2.14. The Morgan fingerprint density at radius 1 is 1.20 bits per heavy atom. The number of hydrogen-bond acceptors (Lipinski definition) is 3. The molecular formula is C15H9Br2NO2. The van der Waals surface area contributed by atoms with Gasteiger partial charge in [0.15, 0.2) is 5.76 Å². The topological polar surface area (TPSA) is 43.1 Å². The molecule has 0 atom stereocenters. The highest BCUT2D eigenvalue weighted by Crippen LogP contribution is 2.27. The van der Waals surface area contributed by atoms with Gasteiger partial charge < -0.3 is 4.42 Å². The summed E-state index contributed by atoms with van der Waals surface area (Å²) in [5.41, 5.74) is 1.41. The van der Waals surface area contributed by atoms with Gasteiger partial charge in [-0.15, -0.1) is 0 Å². The molecule has 5 heteroatoms. The fourth-order valence-electron chi connectivity index (χ4n) is 1.93. The number of nitrogens with zero attached hydrogens (tertiary/aromatic N) is 1. The van der Waals surface area contributed by atoms with Crippen molar-refractivity contribution in [3.8, 4) is 0 Å². The number of carbonyl (C=O) groups is 1. The predicted molar refractivity (Wildman–Crippen MR) is 83.9 cm³/mol. The Kier molecular flexibility index (Phi) is 3.72. The number of para-hydroxylation sites is 1. The van der Waals surface area contributed by atoms with Crippen LogP contribution >= 0.6 is 31.9 Å². The lowest BCUT2D eigenvalue weighted by Gasteiger charge is -1.98. The molecule has 2 aromatic heterocycles. The first kappa shape index (κ1) is 13.5. The van der Waals surface area contributed by atoms with Gasteiger partial charge in [-0.25, -0.2) is 0 Å². The van der Waals surface area contributed by atoms with Crippen LogP contribution < -0.4 is 0 Å². The number of hydrogen-bond donors (Lipinski definition) is 0. The standard InChI is InChI=1S/C15H9Br2NO2/c16-10-4-5-11(18-8-10)7-13(19)14-6-9-2-1-3-12(17)15(9)20-14/h1-6,8H,7H2. The van der Waals surface area contributed by atoms with E-state index >= 15 is 0 Å². The second-order valence-electron chi connectivity index (χ2n) is 4.34. The van der Waals surface area contributed by atoms with Gasteiger partial charge in [0.1, 0.15) is 5.58 Å². The average molecular weight is 395 g/mol. The van der Waals surface area contributed by atoms with E-state index in [4.69, 9.17) is 4.42 Å². The molecule has 0 aliphatic rings. The van der Waals surface area contributed by atoms with Crippen LogP contribution in [0.2, 0.25) is 0 Å². The van der Waals surface area contributed by atoms with Gasteiger partial charge >= 0.3 is 0 Å². The maximum absolute atomic E-state index is 12.2. The zero-order valence-corrected chi connectivity index (χ0v) is 13.4. The number of Topliss-reactive ketones (excluding diaryl/α,β-unsaturated/α-hetero) is 1. The summed E-state index contributed by atoms with van der Waals surface area (Å²) in [6, 6.07) is 11.2. The molecule has 3 rings (SSSR count). The molecule has 0 bridgehead atoms. The molecule has 1 aromatic carbocycles. The smallest absolute Gasteiger partial charge is 0.203 e. The number of benzene rings is 1. The van der Waals surface area contributed by atoms with Crippen LogP contribution in [0.25, 0.3) is 11.0 Å². The fraction of sp³-hybridized carbons (Fsp3) is 0.0667. The van der Waals surface area contributed by atoms with Crippen molar-refractivity contribution in [2.24, 2.45) is 0 Å². The highest BCUT2D eigenvalue weighted by atomic mass is 79.9. The first-order chi connectivity index (χ1) is 9.63. The summed E-state index contributed by atoms with van der Waals surface area (Å²) in [5.74, 6) is 0.277. The van der Waals surface area contributed by atoms with Crippen molar-refractivity contribution in [3.05, 3.63) is 63.0 Å². The first-order valence-corrected chi connectivity index (χ1v) is 7.54. The quantitative estimate of drug-likeness (QED) is 0.600. The molecule has 0 unspecified atom stereocenters. The summed E-state index contributed by atoms with van der Waals surface area (Å²) in [7, 11) is 0. The van der Waals surface area contributed by atoms with E-state index in [-0.39, 0.29) is 12.2 Å². The third kappa shape index (κ3) is 2.69. The van der Waals surface area contributed by atoms with Crippen molar-refractivity contribution in [3.63, 3.8) is 0 Å². The minimum absolute atomic E-state index is 0.0806. The van der Waals surface area contributed by atoms with Crippen LogP contribution in [-0.2, 0) is 6.42 Å². The molecule has 3 nitrogen and oxygen atoms in total. The van der Waals surface area contributed by atoms with E-state index in [1.54, 1.807) is 12.3 Å². The van der Waals surface area contributed by atoms with Gasteiger partial charge in [-0.05, 0) is 56.1 Å². The van der Waals surface area contributed by atoms with Gasteiger partial charge in [-0.1, -0.05) is 12.1 Å². The van der Waals surface area contributed by atoms with Crippen LogP contribution in [0, 0.1) is 0 Å². The molecule has 0 N–H and O–H groups in total. The maximum Gasteiger partial charge on any atom is 0.203 e. The lowest BCUT2D eigenvalue weighted by Crippen LogP contribution is -2.03. The molecule has 0 saturated carbocycles. The predicted octanol–water partition coefficient (Wildman–Crippen LogP) is 4.78. The second kappa shape index (κ2) is 5.50. The number of aromatic nitrogens is 1. The zero-order valence-electron chi connectivity index (χ0n) is 10.3. The molecule has 0 amide bonds. The molecule has 0 fully saturated rings. The van der Waals surface area contributed by atoms with E-state index in [2.05, 4.69) is 36.8 Å². The van der Waals surface area contributed by atoms with Gasteiger partial charge in [0.25, 0.3) is 0 Å². The maximum atomic E-state index is 12.2. The van der Waals surface area contributed by atoms with E-state index in [0.29, 0.717) is 11.3 Å². The molecule has 3 aromatic rings. The zero-order chi connectivity index (χ0) is 14.1. The van der Waals surface area contributed by atoms with Crippen LogP contribution in [-0.4, -0.2) is 10.8 Å². The van der Waals surface area contributed by atoms with Gasteiger partial charge in [0, 0.05) is 21.7 Å². The molecular weight excluding hydrogens is 386 g/mol. The fourth-order valence-corrected chi connectivity index (χ4v) is 2.62. The molecule has 0 aliphatic carbocycles. The van der Waals surface area contributed by atoms with Crippen molar-refractivity contribution >= 4 is 48.6 Å². The van der Waals surface area contributed by atoms with E-state index in [1.807, 2.05) is 30.3 Å².